The van der Waals surface area contributed by atoms with Crippen molar-refractivity contribution in [2.45, 2.75) is 6.92 Å². The highest BCUT2D eigenvalue weighted by Gasteiger charge is 2.01. The van der Waals surface area contributed by atoms with Crippen LogP contribution in [-0.2, 0) is 0 Å². The maximum absolute atomic E-state index is 9.48. The molecule has 0 amide bonds. The fraction of sp³-hybridized carbons (Fsp3) is 0.154. The molecule has 0 saturated carbocycles. The largest absolute Gasteiger partial charge is 0.504 e. The molecule has 0 unspecified atom stereocenters. The number of nitrogens with one attached hydrogen (secondary N) is 1. The lowest BCUT2D eigenvalue weighted by Crippen LogP contribution is -2.01. The van der Waals surface area contributed by atoms with Crippen LogP contribution >= 0.6 is 0 Å². The second-order valence-corrected chi connectivity index (χ2v) is 4.05. The molecule has 7 heteroatoms. The topological polar surface area (TPSA) is 106 Å². The van der Waals surface area contributed by atoms with Gasteiger partial charge in [-0.2, -0.15) is 10.1 Å². The van der Waals surface area contributed by atoms with Gasteiger partial charge in [-0.3, -0.25) is 5.43 Å². The summed E-state index contributed by atoms with van der Waals surface area (Å²) in [7, 11) is 1.49. The zero-order valence-corrected chi connectivity index (χ0v) is 11.2. The van der Waals surface area contributed by atoms with Gasteiger partial charge in [-0.1, -0.05) is 0 Å². The summed E-state index contributed by atoms with van der Waals surface area (Å²) >= 11 is 0. The fourth-order valence-electron chi connectivity index (χ4n) is 1.60. The maximum Gasteiger partial charge on any atom is 0.222 e. The minimum absolute atomic E-state index is 0.0804. The lowest BCUT2D eigenvalue weighted by molar-refractivity contribution is 0.373. The van der Waals surface area contributed by atoms with Crippen LogP contribution in [-0.4, -0.2) is 28.4 Å². The molecule has 0 aliphatic rings. The molecule has 7 nitrogen and oxygen atoms in total. The van der Waals surface area contributed by atoms with Gasteiger partial charge < -0.3 is 15.6 Å². The number of hydrogen-bond acceptors (Lipinski definition) is 7. The summed E-state index contributed by atoms with van der Waals surface area (Å²) < 4.78 is 5.01. The number of nitrogens with zero attached hydrogens (tertiary/aromatic N) is 3. The van der Waals surface area contributed by atoms with Gasteiger partial charge in [0.15, 0.2) is 17.3 Å². The number of anilines is 2. The Labute approximate surface area is 116 Å². The first-order chi connectivity index (χ1) is 9.58. The Hall–Kier alpha value is -2.83. The standard InChI is InChI=1S/C13H15N5O2/c1-8-5-12(17-13(14)16-8)18-15-7-9-3-4-10(19)11(6-9)20-2/h3-7,19H,1-2H3,(H3,14,16,17,18). The Morgan fingerprint density at radius 3 is 2.85 bits per heavy atom. The predicted molar refractivity (Wildman–Crippen MR) is 77.1 cm³/mol. The number of hydrogen-bond donors (Lipinski definition) is 3. The molecule has 0 saturated heterocycles. The second kappa shape index (κ2) is 5.87. The molecule has 0 fully saturated rings. The number of aromatic hydroxyl groups is 1. The third kappa shape index (κ3) is 3.35. The summed E-state index contributed by atoms with van der Waals surface area (Å²) in [6.45, 7) is 1.82. The highest BCUT2D eigenvalue weighted by atomic mass is 16.5. The van der Waals surface area contributed by atoms with E-state index in [1.54, 1.807) is 24.4 Å². The van der Waals surface area contributed by atoms with Gasteiger partial charge in [0.25, 0.3) is 0 Å². The molecule has 2 aromatic rings. The van der Waals surface area contributed by atoms with E-state index in [1.165, 1.54) is 13.2 Å². The number of aromatic nitrogens is 2. The van der Waals surface area contributed by atoms with Gasteiger partial charge in [0.05, 0.1) is 13.3 Å². The molecule has 0 spiro atoms. The number of aryl methyl sites for hydroxylation is 1. The van der Waals surface area contributed by atoms with Crippen molar-refractivity contribution < 1.29 is 9.84 Å². The number of methoxy groups -OCH3 is 1. The lowest BCUT2D eigenvalue weighted by atomic mass is 10.2. The molecule has 20 heavy (non-hydrogen) atoms. The van der Waals surface area contributed by atoms with E-state index >= 15 is 0 Å². The molecular formula is C13H15N5O2. The summed E-state index contributed by atoms with van der Waals surface area (Å²) in [6, 6.07) is 6.64. The molecule has 0 radical (unpaired) electrons. The van der Waals surface area contributed by atoms with E-state index in [2.05, 4.69) is 20.5 Å². The third-order valence-corrected chi connectivity index (χ3v) is 2.47. The van der Waals surface area contributed by atoms with E-state index in [0.717, 1.165) is 11.3 Å². The van der Waals surface area contributed by atoms with Crippen molar-refractivity contribution in [1.29, 1.82) is 0 Å². The van der Waals surface area contributed by atoms with Crippen molar-refractivity contribution in [3.8, 4) is 11.5 Å². The summed E-state index contributed by atoms with van der Waals surface area (Å²) in [4.78, 5) is 7.95. The first kappa shape index (κ1) is 13.6. The SMILES string of the molecule is COc1cc(C=NNc2cc(C)nc(N)n2)ccc1O. The van der Waals surface area contributed by atoms with E-state index in [4.69, 9.17) is 10.5 Å². The summed E-state index contributed by atoms with van der Waals surface area (Å²) in [5.74, 6) is 1.17. The van der Waals surface area contributed by atoms with Crippen LogP contribution in [0.5, 0.6) is 11.5 Å². The monoisotopic (exact) mass is 273 g/mol. The van der Waals surface area contributed by atoms with E-state index in [1.807, 2.05) is 6.92 Å². The molecule has 0 bridgehead atoms. The van der Waals surface area contributed by atoms with Crippen LogP contribution in [0, 0.1) is 6.92 Å². The minimum atomic E-state index is 0.0804. The van der Waals surface area contributed by atoms with Crippen LogP contribution in [0.4, 0.5) is 11.8 Å². The zero-order chi connectivity index (χ0) is 14.5. The maximum atomic E-state index is 9.48. The van der Waals surface area contributed by atoms with E-state index in [-0.39, 0.29) is 11.7 Å². The molecule has 1 aromatic heterocycles. The molecule has 1 heterocycles. The number of nitrogen functional groups attached to an aromatic ring is 1. The van der Waals surface area contributed by atoms with Crippen molar-refractivity contribution in [2.75, 3.05) is 18.3 Å². The lowest BCUT2D eigenvalue weighted by Gasteiger charge is -2.04. The Balaban J connectivity index is 2.10. The smallest absolute Gasteiger partial charge is 0.222 e. The molecule has 0 aliphatic heterocycles. The number of benzene rings is 1. The number of ether oxygens (including phenoxy) is 1. The minimum Gasteiger partial charge on any atom is -0.504 e. The molecule has 2 rings (SSSR count). The van der Waals surface area contributed by atoms with Gasteiger partial charge in [0.1, 0.15) is 0 Å². The van der Waals surface area contributed by atoms with Gasteiger partial charge >= 0.3 is 0 Å². The van der Waals surface area contributed by atoms with Crippen LogP contribution in [0.3, 0.4) is 0 Å². The molecule has 0 atom stereocenters. The fourth-order valence-corrected chi connectivity index (χ4v) is 1.60. The van der Waals surface area contributed by atoms with Crippen LogP contribution in [0.25, 0.3) is 0 Å². The van der Waals surface area contributed by atoms with Gasteiger partial charge in [-0.15, -0.1) is 0 Å². The first-order valence-corrected chi connectivity index (χ1v) is 5.85. The zero-order valence-electron chi connectivity index (χ0n) is 11.2. The molecular weight excluding hydrogens is 258 g/mol. The summed E-state index contributed by atoms with van der Waals surface area (Å²) in [5, 5.41) is 13.5. The average molecular weight is 273 g/mol. The quantitative estimate of drug-likeness (QED) is 0.576. The van der Waals surface area contributed by atoms with E-state index in [0.29, 0.717) is 11.6 Å². The predicted octanol–water partition coefficient (Wildman–Crippen LogP) is 1.53. The van der Waals surface area contributed by atoms with E-state index < -0.39 is 0 Å². The number of hydrazone groups is 1. The Morgan fingerprint density at radius 1 is 1.35 bits per heavy atom. The van der Waals surface area contributed by atoms with Crippen LogP contribution in [0.2, 0.25) is 0 Å². The molecule has 104 valence electrons. The summed E-state index contributed by atoms with van der Waals surface area (Å²) in [6.07, 6.45) is 1.58. The third-order valence-electron chi connectivity index (χ3n) is 2.47. The second-order valence-electron chi connectivity index (χ2n) is 4.05. The number of rotatable bonds is 4. The van der Waals surface area contributed by atoms with Crippen molar-refractivity contribution in [2.24, 2.45) is 5.10 Å². The van der Waals surface area contributed by atoms with Crippen molar-refractivity contribution in [3.05, 3.63) is 35.5 Å². The molecule has 4 N–H and O–H groups in total. The first-order valence-electron chi connectivity index (χ1n) is 5.85. The van der Waals surface area contributed by atoms with Crippen molar-refractivity contribution in [3.63, 3.8) is 0 Å². The van der Waals surface area contributed by atoms with Crippen LogP contribution in [0.1, 0.15) is 11.3 Å². The van der Waals surface area contributed by atoms with E-state index in [9.17, 15) is 5.11 Å². The number of phenolic OH excluding ortho intramolecular Hbond substituents is 1. The summed E-state index contributed by atoms with van der Waals surface area (Å²) in [5.41, 5.74) is 9.82. The van der Waals surface area contributed by atoms with Crippen LogP contribution < -0.4 is 15.9 Å². The number of nitrogens with two attached hydrogens (primary N) is 1. The Bertz CT molecular complexity index is 622. The highest BCUT2D eigenvalue weighted by Crippen LogP contribution is 2.25. The Morgan fingerprint density at radius 2 is 2.15 bits per heavy atom. The van der Waals surface area contributed by atoms with Gasteiger partial charge in [-0.05, 0) is 30.7 Å². The molecule has 1 aromatic carbocycles. The van der Waals surface area contributed by atoms with Gasteiger partial charge in [0.2, 0.25) is 5.95 Å². The average Bonchev–Trinajstić information content (AvgIpc) is 2.39. The Kier molecular flexibility index (Phi) is 3.99. The molecule has 0 aliphatic carbocycles. The highest BCUT2D eigenvalue weighted by molar-refractivity contribution is 5.81. The van der Waals surface area contributed by atoms with Gasteiger partial charge in [0, 0.05) is 11.8 Å². The van der Waals surface area contributed by atoms with Crippen LogP contribution in [0.15, 0.2) is 29.4 Å². The van der Waals surface area contributed by atoms with Gasteiger partial charge in [-0.25, -0.2) is 4.98 Å². The van der Waals surface area contributed by atoms with Crippen molar-refractivity contribution in [1.82, 2.24) is 9.97 Å². The number of phenols is 1. The normalized spacial score (nSPS) is 10.7. The van der Waals surface area contributed by atoms with Crippen molar-refractivity contribution >= 4 is 18.0 Å².